The molecule has 0 N–H and O–H groups in total. The van der Waals surface area contributed by atoms with Gasteiger partial charge in [-0.3, -0.25) is 0 Å². The third-order valence-electron chi connectivity index (χ3n) is 10.6. The van der Waals surface area contributed by atoms with Crippen LogP contribution in [0.4, 0.5) is 0 Å². The Morgan fingerprint density at radius 3 is 1.58 bits per heavy atom. The van der Waals surface area contributed by atoms with Crippen molar-refractivity contribution in [3.05, 3.63) is 180 Å². The summed E-state index contributed by atoms with van der Waals surface area (Å²) in [6.07, 6.45) is 0. The van der Waals surface area contributed by atoms with Crippen molar-refractivity contribution in [3.63, 3.8) is 0 Å². The first-order valence-electron chi connectivity index (χ1n) is 18.2. The maximum absolute atomic E-state index is 5.10. The fourth-order valence-corrected chi connectivity index (χ4v) is 8.39. The van der Waals surface area contributed by atoms with Gasteiger partial charge in [0.25, 0.3) is 0 Å². The summed E-state index contributed by atoms with van der Waals surface area (Å²) in [6.45, 7) is 6.64. The molecule has 0 amide bonds. The molecule has 3 aromatic heterocycles. The minimum atomic E-state index is 0.702. The molecule has 0 aliphatic heterocycles. The van der Waals surface area contributed by atoms with Crippen LogP contribution < -0.4 is 0 Å². The van der Waals surface area contributed by atoms with E-state index in [-0.39, 0.29) is 0 Å². The van der Waals surface area contributed by atoms with Gasteiger partial charge in [-0.1, -0.05) is 121 Å². The number of aromatic nitrogens is 4. The maximum Gasteiger partial charge on any atom is 0.160 e. The molecular weight excluding hydrogens is 645 g/mol. The van der Waals surface area contributed by atoms with Crippen molar-refractivity contribution < 1.29 is 0 Å². The fraction of sp³-hybridized carbons (Fsp3) is 0.0612. The molecule has 4 nitrogen and oxygen atoms in total. The van der Waals surface area contributed by atoms with E-state index in [2.05, 4.69) is 182 Å². The number of rotatable bonds is 5. The molecule has 0 radical (unpaired) electrons. The lowest BCUT2D eigenvalue weighted by atomic mass is 10.0. The molecular formula is C49H36N4. The molecule has 0 aliphatic rings. The molecule has 0 fully saturated rings. The van der Waals surface area contributed by atoms with Crippen LogP contribution in [0.5, 0.6) is 0 Å². The smallest absolute Gasteiger partial charge is 0.160 e. The van der Waals surface area contributed by atoms with Crippen LogP contribution in [0.1, 0.15) is 16.7 Å². The van der Waals surface area contributed by atoms with Gasteiger partial charge >= 0.3 is 0 Å². The van der Waals surface area contributed by atoms with Gasteiger partial charge in [-0.05, 0) is 80.4 Å². The van der Waals surface area contributed by atoms with Gasteiger partial charge in [-0.15, -0.1) is 0 Å². The maximum atomic E-state index is 5.10. The number of nitrogens with zero attached hydrogens (tertiary/aromatic N) is 4. The van der Waals surface area contributed by atoms with E-state index in [9.17, 15) is 0 Å². The van der Waals surface area contributed by atoms with E-state index in [0.717, 1.165) is 33.8 Å². The Morgan fingerprint density at radius 2 is 0.962 bits per heavy atom. The third-order valence-corrected chi connectivity index (χ3v) is 10.6. The van der Waals surface area contributed by atoms with Gasteiger partial charge < -0.3 is 9.13 Å². The SMILES string of the molecule is Cc1cc(C)c(-n2c3ccccc3c3c2ccc2c4ccccc4n(-c4ccc(-c5nc(-c6ccccc6)cc(-c6ccccc6)n5)cc4)c23)c(C)c1. The molecule has 252 valence electrons. The van der Waals surface area contributed by atoms with Crippen LogP contribution >= 0.6 is 0 Å². The summed E-state index contributed by atoms with van der Waals surface area (Å²) < 4.78 is 4.92. The van der Waals surface area contributed by atoms with Gasteiger partial charge in [0.05, 0.1) is 39.1 Å². The first kappa shape index (κ1) is 31.0. The van der Waals surface area contributed by atoms with E-state index in [1.54, 1.807) is 0 Å². The molecule has 0 bridgehead atoms. The largest absolute Gasteiger partial charge is 0.309 e. The molecule has 0 spiro atoms. The molecule has 10 rings (SSSR count). The lowest BCUT2D eigenvalue weighted by molar-refractivity contribution is 1.11. The van der Waals surface area contributed by atoms with Crippen molar-refractivity contribution in [3.8, 4) is 45.3 Å². The number of para-hydroxylation sites is 2. The van der Waals surface area contributed by atoms with Crippen LogP contribution in [0, 0.1) is 20.8 Å². The lowest BCUT2D eigenvalue weighted by Gasteiger charge is -2.15. The van der Waals surface area contributed by atoms with Crippen molar-refractivity contribution in [1.29, 1.82) is 0 Å². The Morgan fingerprint density at radius 1 is 0.415 bits per heavy atom. The Hall–Kier alpha value is -6.78. The van der Waals surface area contributed by atoms with Crippen molar-refractivity contribution >= 4 is 43.6 Å². The second-order valence-electron chi connectivity index (χ2n) is 14.0. The lowest BCUT2D eigenvalue weighted by Crippen LogP contribution is -2.01. The molecule has 0 saturated heterocycles. The highest BCUT2D eigenvalue weighted by Gasteiger charge is 2.22. The molecule has 0 unspecified atom stereocenters. The van der Waals surface area contributed by atoms with Crippen LogP contribution in [0.3, 0.4) is 0 Å². The second kappa shape index (κ2) is 12.2. The topological polar surface area (TPSA) is 35.6 Å². The van der Waals surface area contributed by atoms with Crippen LogP contribution in [-0.4, -0.2) is 19.1 Å². The zero-order valence-electron chi connectivity index (χ0n) is 29.9. The first-order valence-corrected chi connectivity index (χ1v) is 18.2. The number of benzene rings is 7. The molecule has 0 atom stereocenters. The monoisotopic (exact) mass is 680 g/mol. The molecule has 10 aromatic rings. The summed E-state index contributed by atoms with van der Waals surface area (Å²) >= 11 is 0. The second-order valence-corrected chi connectivity index (χ2v) is 14.0. The number of hydrogen-bond donors (Lipinski definition) is 0. The molecule has 0 aliphatic carbocycles. The average Bonchev–Trinajstić information content (AvgIpc) is 3.71. The summed E-state index contributed by atoms with van der Waals surface area (Å²) in [4.78, 5) is 10.2. The zero-order valence-corrected chi connectivity index (χ0v) is 29.9. The summed E-state index contributed by atoms with van der Waals surface area (Å²) in [5.41, 5.74) is 15.9. The third kappa shape index (κ3) is 4.98. The van der Waals surface area contributed by atoms with Crippen molar-refractivity contribution in [2.75, 3.05) is 0 Å². The fourth-order valence-electron chi connectivity index (χ4n) is 8.39. The van der Waals surface area contributed by atoms with E-state index >= 15 is 0 Å². The highest BCUT2D eigenvalue weighted by atomic mass is 15.0. The van der Waals surface area contributed by atoms with Crippen LogP contribution in [0.15, 0.2) is 164 Å². The summed E-state index contributed by atoms with van der Waals surface area (Å²) in [5.74, 6) is 0.702. The van der Waals surface area contributed by atoms with Crippen LogP contribution in [-0.2, 0) is 0 Å². The number of hydrogen-bond acceptors (Lipinski definition) is 2. The predicted molar refractivity (Wildman–Crippen MR) is 221 cm³/mol. The summed E-state index contributed by atoms with van der Waals surface area (Å²) in [6, 6.07) is 58.4. The number of fused-ring (bicyclic) bond motifs is 7. The van der Waals surface area contributed by atoms with Gasteiger partial charge in [0.2, 0.25) is 0 Å². The first-order chi connectivity index (χ1) is 26.0. The molecule has 3 heterocycles. The summed E-state index contributed by atoms with van der Waals surface area (Å²) in [5, 5.41) is 4.97. The van der Waals surface area contributed by atoms with E-state index < -0.39 is 0 Å². The van der Waals surface area contributed by atoms with Gasteiger partial charge in [0, 0.05) is 43.9 Å². The Balaban J connectivity index is 1.21. The van der Waals surface area contributed by atoms with Gasteiger partial charge in [0.1, 0.15) is 0 Å². The standard InChI is InChI=1S/C49H36N4/c1-31-28-32(2)47(33(3)29-31)53-44-21-13-11-19-40(44)46-45(53)27-26-39-38-18-10-12-20-43(38)52(48(39)46)37-24-22-36(23-25-37)49-50-41(34-14-6-4-7-15-34)30-42(51-49)35-16-8-5-9-17-35/h4-30H,1-3H3. The van der Waals surface area contributed by atoms with Crippen molar-refractivity contribution in [2.24, 2.45) is 0 Å². The highest BCUT2D eigenvalue weighted by molar-refractivity contribution is 6.26. The minimum absolute atomic E-state index is 0.702. The van der Waals surface area contributed by atoms with Crippen molar-refractivity contribution in [1.82, 2.24) is 19.1 Å². The Bertz CT molecular complexity index is 2920. The van der Waals surface area contributed by atoms with E-state index in [1.165, 1.54) is 66.0 Å². The van der Waals surface area contributed by atoms with Gasteiger partial charge in [-0.25, -0.2) is 9.97 Å². The predicted octanol–water partition coefficient (Wildman–Crippen LogP) is 12.6. The zero-order chi connectivity index (χ0) is 35.6. The number of aryl methyl sites for hydroxylation is 3. The van der Waals surface area contributed by atoms with E-state index in [0.29, 0.717) is 5.82 Å². The normalized spacial score (nSPS) is 11.7. The molecule has 4 heteroatoms. The highest BCUT2D eigenvalue weighted by Crippen LogP contribution is 2.43. The van der Waals surface area contributed by atoms with Crippen LogP contribution in [0.25, 0.3) is 88.9 Å². The van der Waals surface area contributed by atoms with Gasteiger partial charge in [0.15, 0.2) is 5.82 Å². The molecule has 53 heavy (non-hydrogen) atoms. The quantitative estimate of drug-likeness (QED) is 0.181. The van der Waals surface area contributed by atoms with Crippen molar-refractivity contribution in [2.45, 2.75) is 20.8 Å². The molecule has 7 aromatic carbocycles. The van der Waals surface area contributed by atoms with Crippen LogP contribution in [0.2, 0.25) is 0 Å². The van der Waals surface area contributed by atoms with E-state index in [1.807, 2.05) is 12.1 Å². The summed E-state index contributed by atoms with van der Waals surface area (Å²) in [7, 11) is 0. The van der Waals surface area contributed by atoms with Gasteiger partial charge in [-0.2, -0.15) is 0 Å². The van der Waals surface area contributed by atoms with E-state index in [4.69, 9.17) is 9.97 Å². The molecule has 0 saturated carbocycles. The Kier molecular flexibility index (Phi) is 7.12. The Labute approximate surface area is 308 Å². The minimum Gasteiger partial charge on any atom is -0.309 e. The average molecular weight is 681 g/mol.